The van der Waals surface area contributed by atoms with Crippen LogP contribution < -0.4 is 4.90 Å². The van der Waals surface area contributed by atoms with Gasteiger partial charge in [0.1, 0.15) is 17.2 Å². The number of hydrazine groups is 1. The van der Waals surface area contributed by atoms with Gasteiger partial charge in [0.2, 0.25) is 0 Å². The highest BCUT2D eigenvalue weighted by molar-refractivity contribution is 7.88. The Hall–Kier alpha value is -2.38. The average Bonchev–Trinajstić information content (AvgIpc) is 3.21. The predicted molar refractivity (Wildman–Crippen MR) is 117 cm³/mol. The first kappa shape index (κ1) is 24.7. The number of hydrogen-bond acceptors (Lipinski definition) is 7. The SMILES string of the molecule is CC1CN(c2ccc(C(F)(F)F)cn2)CC(C)N1N(O)[S+]([O-])c1ccc2c(c1)C(C(=O)O)CC2. The molecule has 34 heavy (non-hydrogen) atoms. The average molecular weight is 499 g/mol. The second-order valence-electron chi connectivity index (χ2n) is 8.68. The van der Waals surface area contributed by atoms with Crippen LogP contribution >= 0.6 is 0 Å². The van der Waals surface area contributed by atoms with Crippen LogP contribution in [0.25, 0.3) is 0 Å². The van der Waals surface area contributed by atoms with E-state index in [0.717, 1.165) is 17.8 Å². The zero-order valence-corrected chi connectivity index (χ0v) is 19.4. The molecule has 0 saturated carbocycles. The molecule has 2 N–H and O–H groups in total. The van der Waals surface area contributed by atoms with Crippen LogP contribution in [0.2, 0.25) is 0 Å². The Bertz CT molecular complexity index is 1040. The fourth-order valence-corrected chi connectivity index (χ4v) is 5.80. The van der Waals surface area contributed by atoms with Gasteiger partial charge in [-0.05, 0) is 62.1 Å². The Kier molecular flexibility index (Phi) is 6.80. The van der Waals surface area contributed by atoms with Crippen molar-refractivity contribution >= 4 is 23.1 Å². The van der Waals surface area contributed by atoms with Crippen molar-refractivity contribution in [2.24, 2.45) is 0 Å². The molecule has 12 heteroatoms. The summed E-state index contributed by atoms with van der Waals surface area (Å²) >= 11 is -1.99. The highest BCUT2D eigenvalue weighted by Crippen LogP contribution is 2.36. The van der Waals surface area contributed by atoms with Gasteiger partial charge in [0.05, 0.1) is 16.1 Å². The number of halogens is 3. The van der Waals surface area contributed by atoms with E-state index in [1.165, 1.54) is 6.07 Å². The number of fused-ring (bicyclic) bond motifs is 1. The van der Waals surface area contributed by atoms with Gasteiger partial charge in [-0.15, -0.1) is 0 Å². The summed E-state index contributed by atoms with van der Waals surface area (Å²) in [5.41, 5.74) is 0.690. The highest BCUT2D eigenvalue weighted by atomic mass is 32.2. The number of nitrogens with zero attached hydrogens (tertiary/aromatic N) is 4. The first-order valence-corrected chi connectivity index (χ1v) is 11.9. The maximum Gasteiger partial charge on any atom is 0.417 e. The normalized spacial score (nSPS) is 24.4. The third-order valence-electron chi connectivity index (χ3n) is 6.31. The van der Waals surface area contributed by atoms with Gasteiger partial charge < -0.3 is 14.6 Å². The molecule has 0 spiro atoms. The summed E-state index contributed by atoms with van der Waals surface area (Å²) in [4.78, 5) is 17.6. The monoisotopic (exact) mass is 498 g/mol. The minimum Gasteiger partial charge on any atom is -0.590 e. The topological polar surface area (TPSA) is 103 Å². The zero-order valence-electron chi connectivity index (χ0n) is 18.6. The van der Waals surface area contributed by atoms with Crippen LogP contribution in [-0.4, -0.2) is 60.6 Å². The van der Waals surface area contributed by atoms with Crippen LogP contribution in [0.1, 0.15) is 42.9 Å². The van der Waals surface area contributed by atoms with Gasteiger partial charge in [-0.1, -0.05) is 6.07 Å². The lowest BCUT2D eigenvalue weighted by molar-refractivity contribution is -0.204. The van der Waals surface area contributed by atoms with Gasteiger partial charge in [-0.3, -0.25) is 10.0 Å². The van der Waals surface area contributed by atoms with Gasteiger partial charge in [0.25, 0.3) is 0 Å². The fourth-order valence-electron chi connectivity index (χ4n) is 4.70. The summed E-state index contributed by atoms with van der Waals surface area (Å²) in [5, 5.41) is 21.8. The predicted octanol–water partition coefficient (Wildman–Crippen LogP) is 3.44. The molecule has 1 saturated heterocycles. The second kappa shape index (κ2) is 9.34. The van der Waals surface area contributed by atoms with Gasteiger partial charge in [-0.2, -0.15) is 18.2 Å². The third-order valence-corrected chi connectivity index (χ3v) is 7.45. The van der Waals surface area contributed by atoms with Crippen LogP contribution in [0.4, 0.5) is 19.0 Å². The van der Waals surface area contributed by atoms with E-state index >= 15 is 0 Å². The van der Waals surface area contributed by atoms with Crippen molar-refractivity contribution in [3.63, 3.8) is 0 Å². The summed E-state index contributed by atoms with van der Waals surface area (Å²) in [6.45, 7) is 4.27. The van der Waals surface area contributed by atoms with E-state index in [1.54, 1.807) is 37.1 Å². The number of alkyl halides is 3. The molecule has 1 aromatic carbocycles. The molecular weight excluding hydrogens is 473 g/mol. The molecular formula is C22H25F3N4O4S. The molecule has 1 fully saturated rings. The molecule has 1 aliphatic carbocycles. The first-order chi connectivity index (χ1) is 16.0. The van der Waals surface area contributed by atoms with Crippen LogP contribution in [0.15, 0.2) is 41.4 Å². The Balaban J connectivity index is 1.48. The number of carbonyl (C=O) groups is 1. The Labute approximate surface area is 197 Å². The van der Waals surface area contributed by atoms with Crippen molar-refractivity contribution in [3.05, 3.63) is 53.2 Å². The van der Waals surface area contributed by atoms with Crippen molar-refractivity contribution in [3.8, 4) is 0 Å². The molecule has 184 valence electrons. The summed E-state index contributed by atoms with van der Waals surface area (Å²) in [6, 6.07) is 6.57. The number of anilines is 1. The number of aliphatic carboxylic acids is 1. The van der Waals surface area contributed by atoms with Crippen molar-refractivity contribution in [2.45, 2.75) is 55.8 Å². The molecule has 2 heterocycles. The lowest BCUT2D eigenvalue weighted by atomic mass is 10.0. The van der Waals surface area contributed by atoms with Crippen LogP contribution in [0.3, 0.4) is 0 Å². The number of hydrogen-bond donors (Lipinski definition) is 2. The quantitative estimate of drug-likeness (QED) is 0.478. The third kappa shape index (κ3) is 4.73. The molecule has 0 radical (unpaired) electrons. The maximum atomic E-state index is 13.2. The zero-order chi connectivity index (χ0) is 24.8. The van der Waals surface area contributed by atoms with E-state index in [-0.39, 0.29) is 12.1 Å². The minimum atomic E-state index is -4.46. The highest BCUT2D eigenvalue weighted by Gasteiger charge is 2.41. The Morgan fingerprint density at radius 2 is 1.88 bits per heavy atom. The standard InChI is InChI=1S/C22H25F3N4O4S/c1-13-11-27(20-8-5-16(10-26-20)22(23,24)25)12-14(2)28(13)29(32)34(33)17-6-3-15-4-7-18(21(30)31)19(15)9-17/h3,5-6,8-10,13-14,18,32H,4,7,11-12H2,1-2H3,(H,30,31). The number of carboxylic acids is 1. The van der Waals surface area contributed by atoms with E-state index < -0.39 is 35.0 Å². The summed E-state index contributed by atoms with van der Waals surface area (Å²) in [6.07, 6.45) is -2.55. The summed E-state index contributed by atoms with van der Waals surface area (Å²) in [5.74, 6) is -1.20. The maximum absolute atomic E-state index is 13.2. The molecule has 1 aromatic heterocycles. The van der Waals surface area contributed by atoms with E-state index in [9.17, 15) is 32.8 Å². The number of benzene rings is 1. The molecule has 0 bridgehead atoms. The smallest absolute Gasteiger partial charge is 0.417 e. The lowest BCUT2D eigenvalue weighted by Crippen LogP contribution is -2.63. The van der Waals surface area contributed by atoms with E-state index in [1.807, 2.05) is 4.90 Å². The second-order valence-corrected chi connectivity index (χ2v) is 9.97. The summed E-state index contributed by atoms with van der Waals surface area (Å²) < 4.78 is 52.3. The van der Waals surface area contributed by atoms with Crippen molar-refractivity contribution < 1.29 is 32.8 Å². The van der Waals surface area contributed by atoms with Gasteiger partial charge >= 0.3 is 12.1 Å². The molecule has 1 aliphatic heterocycles. The largest absolute Gasteiger partial charge is 0.590 e. The van der Waals surface area contributed by atoms with Crippen molar-refractivity contribution in [2.75, 3.05) is 18.0 Å². The van der Waals surface area contributed by atoms with E-state index in [2.05, 4.69) is 4.98 Å². The van der Waals surface area contributed by atoms with Gasteiger partial charge in [0.15, 0.2) is 4.90 Å². The van der Waals surface area contributed by atoms with E-state index in [0.29, 0.717) is 46.8 Å². The molecule has 4 rings (SSSR count). The Morgan fingerprint density at radius 3 is 2.44 bits per heavy atom. The number of rotatable bonds is 5. The van der Waals surface area contributed by atoms with Crippen LogP contribution in [0, 0.1) is 0 Å². The Morgan fingerprint density at radius 1 is 1.21 bits per heavy atom. The molecule has 2 aliphatic rings. The van der Waals surface area contributed by atoms with E-state index in [4.69, 9.17) is 0 Å². The van der Waals surface area contributed by atoms with Gasteiger partial charge in [-0.25, -0.2) is 4.98 Å². The molecule has 2 aromatic rings. The number of pyridine rings is 1. The lowest BCUT2D eigenvalue weighted by Gasteiger charge is -2.45. The first-order valence-electron chi connectivity index (χ1n) is 10.8. The molecule has 8 nitrogen and oxygen atoms in total. The minimum absolute atomic E-state index is 0.292. The molecule has 4 atom stereocenters. The number of aryl methyl sites for hydroxylation is 1. The number of piperazine rings is 1. The number of aromatic nitrogens is 1. The fraction of sp³-hybridized carbons (Fsp3) is 0.455. The van der Waals surface area contributed by atoms with Crippen LogP contribution in [-0.2, 0) is 28.8 Å². The van der Waals surface area contributed by atoms with Crippen molar-refractivity contribution in [1.29, 1.82) is 0 Å². The van der Waals surface area contributed by atoms with Crippen LogP contribution in [0.5, 0.6) is 0 Å². The summed E-state index contributed by atoms with van der Waals surface area (Å²) in [7, 11) is 0. The molecule has 4 unspecified atom stereocenters. The van der Waals surface area contributed by atoms with Gasteiger partial charge in [0, 0.05) is 31.4 Å². The number of carboxylic acid groups (broad SMARTS) is 1. The molecule has 0 amide bonds. The van der Waals surface area contributed by atoms with Crippen molar-refractivity contribution in [1.82, 2.24) is 14.6 Å².